The average molecular weight is 473 g/mol. The molecule has 0 spiro atoms. The van der Waals surface area contributed by atoms with Gasteiger partial charge in [-0.15, -0.1) is 0 Å². The molecule has 166 valence electrons. The molecule has 0 aliphatic rings. The number of primary sulfonamides is 1. The number of carbonyl (C=O) groups excluding carboxylic acids is 2. The van der Waals surface area contributed by atoms with Gasteiger partial charge in [0.05, 0.1) is 10.6 Å². The second-order valence-corrected chi connectivity index (χ2v) is 9.13. The van der Waals surface area contributed by atoms with Crippen LogP contribution in [0.1, 0.15) is 33.2 Å². The molecule has 7 nitrogen and oxygen atoms in total. The Labute approximate surface area is 191 Å². The molecule has 0 bridgehead atoms. The number of hydrogen-bond donors (Lipinski definition) is 2. The zero-order chi connectivity index (χ0) is 23.5. The van der Waals surface area contributed by atoms with E-state index in [0.717, 1.165) is 17.2 Å². The van der Waals surface area contributed by atoms with E-state index in [2.05, 4.69) is 5.32 Å². The highest BCUT2D eigenvalue weighted by Gasteiger charge is 2.27. The first-order valence-electron chi connectivity index (χ1n) is 9.52. The van der Waals surface area contributed by atoms with E-state index in [1.165, 1.54) is 12.1 Å². The van der Waals surface area contributed by atoms with Crippen molar-refractivity contribution in [3.8, 4) is 0 Å². The third-order valence-corrected chi connectivity index (χ3v) is 6.08. The van der Waals surface area contributed by atoms with E-state index >= 15 is 0 Å². The van der Waals surface area contributed by atoms with E-state index in [1.807, 2.05) is 32.0 Å². The van der Waals surface area contributed by atoms with Crippen molar-refractivity contribution in [3.05, 3.63) is 94.0 Å². The van der Waals surface area contributed by atoms with Gasteiger partial charge in [0.15, 0.2) is 0 Å². The van der Waals surface area contributed by atoms with Gasteiger partial charge in [-0.2, -0.15) is 0 Å². The van der Waals surface area contributed by atoms with E-state index < -0.39 is 32.9 Å². The lowest BCUT2D eigenvalue weighted by molar-refractivity contribution is -0.125. The van der Waals surface area contributed by atoms with Crippen LogP contribution in [0.15, 0.2) is 71.6 Å². The first kappa shape index (κ1) is 23.5. The van der Waals surface area contributed by atoms with Crippen molar-refractivity contribution in [1.82, 2.24) is 0 Å². The molecular weight excluding hydrogens is 452 g/mol. The van der Waals surface area contributed by atoms with Crippen molar-refractivity contribution in [2.24, 2.45) is 5.14 Å². The molecule has 0 radical (unpaired) electrons. The van der Waals surface area contributed by atoms with Crippen LogP contribution in [-0.4, -0.2) is 20.3 Å². The van der Waals surface area contributed by atoms with Gasteiger partial charge in [0.2, 0.25) is 16.1 Å². The molecule has 3 N–H and O–H groups in total. The SMILES string of the molecule is Cc1ccc(C)c(NC(=O)[C@H](OC(=O)c2ccc(Cl)c(S(N)(=O)=O)c2)c2ccccc2)c1. The van der Waals surface area contributed by atoms with Gasteiger partial charge in [0.1, 0.15) is 4.90 Å². The van der Waals surface area contributed by atoms with E-state index in [4.69, 9.17) is 21.5 Å². The minimum Gasteiger partial charge on any atom is -0.444 e. The summed E-state index contributed by atoms with van der Waals surface area (Å²) in [5.74, 6) is -1.46. The van der Waals surface area contributed by atoms with Crippen molar-refractivity contribution in [1.29, 1.82) is 0 Å². The first-order chi connectivity index (χ1) is 15.1. The number of carbonyl (C=O) groups is 2. The van der Waals surface area contributed by atoms with Crippen LogP contribution in [0.25, 0.3) is 0 Å². The molecular formula is C23H21ClN2O5S. The number of amides is 1. The lowest BCUT2D eigenvalue weighted by atomic mass is 10.1. The van der Waals surface area contributed by atoms with E-state index in [1.54, 1.807) is 30.3 Å². The van der Waals surface area contributed by atoms with Gasteiger partial charge in [-0.25, -0.2) is 18.4 Å². The topological polar surface area (TPSA) is 116 Å². The number of sulfonamides is 1. The second-order valence-electron chi connectivity index (χ2n) is 7.19. The Morgan fingerprint density at radius 3 is 2.34 bits per heavy atom. The molecule has 0 fully saturated rings. The molecule has 9 heteroatoms. The maximum Gasteiger partial charge on any atom is 0.339 e. The molecule has 0 saturated heterocycles. The summed E-state index contributed by atoms with van der Waals surface area (Å²) >= 11 is 5.88. The zero-order valence-corrected chi connectivity index (χ0v) is 18.9. The Kier molecular flexibility index (Phi) is 6.98. The maximum atomic E-state index is 13.1. The number of rotatable bonds is 6. The van der Waals surface area contributed by atoms with Gasteiger partial charge in [0.25, 0.3) is 5.91 Å². The molecule has 3 rings (SSSR count). The molecule has 0 saturated carbocycles. The molecule has 0 aliphatic heterocycles. The number of hydrogen-bond acceptors (Lipinski definition) is 5. The minimum absolute atomic E-state index is 0.112. The lowest BCUT2D eigenvalue weighted by Crippen LogP contribution is -2.26. The molecule has 0 unspecified atom stereocenters. The van der Waals surface area contributed by atoms with Gasteiger partial charge in [-0.3, -0.25) is 4.79 Å². The van der Waals surface area contributed by atoms with Crippen LogP contribution in [-0.2, 0) is 19.6 Å². The summed E-state index contributed by atoms with van der Waals surface area (Å²) in [7, 11) is -4.16. The fraction of sp³-hybridized carbons (Fsp3) is 0.130. The number of nitrogens with two attached hydrogens (primary N) is 1. The molecule has 3 aromatic rings. The zero-order valence-electron chi connectivity index (χ0n) is 17.3. The third kappa shape index (κ3) is 5.53. The summed E-state index contributed by atoms with van der Waals surface area (Å²) in [6.07, 6.45) is -1.28. The Morgan fingerprint density at radius 1 is 1.00 bits per heavy atom. The van der Waals surface area contributed by atoms with Gasteiger partial charge in [-0.1, -0.05) is 54.1 Å². The van der Waals surface area contributed by atoms with Gasteiger partial charge >= 0.3 is 5.97 Å². The largest absolute Gasteiger partial charge is 0.444 e. The highest BCUT2D eigenvalue weighted by molar-refractivity contribution is 7.89. The fourth-order valence-corrected chi connectivity index (χ4v) is 4.06. The Hall–Kier alpha value is -3.20. The number of nitrogens with one attached hydrogen (secondary N) is 1. The van der Waals surface area contributed by atoms with Gasteiger partial charge in [-0.05, 0) is 49.2 Å². The van der Waals surface area contributed by atoms with Crippen molar-refractivity contribution >= 4 is 39.2 Å². The summed E-state index contributed by atoms with van der Waals surface area (Å²) in [6.45, 7) is 3.74. The molecule has 1 amide bonds. The van der Waals surface area contributed by atoms with Crippen LogP contribution in [0, 0.1) is 13.8 Å². The summed E-state index contributed by atoms with van der Waals surface area (Å²) in [5, 5.41) is 7.82. The Morgan fingerprint density at radius 2 is 1.69 bits per heavy atom. The molecule has 3 aromatic carbocycles. The quantitative estimate of drug-likeness (QED) is 0.523. The normalized spacial score (nSPS) is 12.1. The third-order valence-electron chi connectivity index (χ3n) is 4.69. The van der Waals surface area contributed by atoms with Crippen LogP contribution >= 0.6 is 11.6 Å². The van der Waals surface area contributed by atoms with Crippen molar-refractivity contribution in [3.63, 3.8) is 0 Å². The van der Waals surface area contributed by atoms with E-state index in [-0.39, 0.29) is 10.6 Å². The van der Waals surface area contributed by atoms with Crippen molar-refractivity contribution in [2.45, 2.75) is 24.8 Å². The predicted octanol–water partition coefficient (Wildman–Crippen LogP) is 4.14. The standard InChI is InChI=1S/C23H21ClN2O5S/c1-14-8-9-15(2)19(12-14)26-22(27)21(16-6-4-3-5-7-16)31-23(28)17-10-11-18(24)20(13-17)32(25,29)30/h3-13,21H,1-2H3,(H,26,27)(H2,25,29,30)/t21-/m1/s1. The number of benzene rings is 3. The van der Waals surface area contributed by atoms with Crippen molar-refractivity contribution in [2.75, 3.05) is 5.32 Å². The number of halogens is 1. The Balaban J connectivity index is 1.93. The maximum absolute atomic E-state index is 13.1. The van der Waals surface area contributed by atoms with Crippen molar-refractivity contribution < 1.29 is 22.7 Å². The highest BCUT2D eigenvalue weighted by atomic mass is 35.5. The number of ether oxygens (including phenoxy) is 1. The number of esters is 1. The van der Waals surface area contributed by atoms with Crippen LogP contribution < -0.4 is 10.5 Å². The average Bonchev–Trinajstić information content (AvgIpc) is 2.74. The van der Waals surface area contributed by atoms with Crippen LogP contribution in [0.5, 0.6) is 0 Å². The van der Waals surface area contributed by atoms with Crippen LogP contribution in [0.3, 0.4) is 0 Å². The van der Waals surface area contributed by atoms with Crippen LogP contribution in [0.2, 0.25) is 5.02 Å². The summed E-state index contributed by atoms with van der Waals surface area (Å²) < 4.78 is 28.9. The molecule has 0 aliphatic carbocycles. The highest BCUT2D eigenvalue weighted by Crippen LogP contribution is 2.26. The molecule has 0 aromatic heterocycles. The summed E-state index contributed by atoms with van der Waals surface area (Å²) in [5.41, 5.74) is 2.73. The lowest BCUT2D eigenvalue weighted by Gasteiger charge is -2.19. The smallest absolute Gasteiger partial charge is 0.339 e. The summed E-state index contributed by atoms with van der Waals surface area (Å²) in [6, 6.07) is 17.6. The molecule has 0 heterocycles. The fourth-order valence-electron chi connectivity index (χ4n) is 2.99. The van der Waals surface area contributed by atoms with E-state index in [9.17, 15) is 18.0 Å². The first-order valence-corrected chi connectivity index (χ1v) is 11.4. The number of aryl methyl sites for hydroxylation is 2. The molecule has 32 heavy (non-hydrogen) atoms. The summed E-state index contributed by atoms with van der Waals surface area (Å²) in [4.78, 5) is 25.5. The van der Waals surface area contributed by atoms with Gasteiger partial charge in [0, 0.05) is 11.3 Å². The Bertz CT molecular complexity index is 1280. The predicted molar refractivity (Wildman–Crippen MR) is 122 cm³/mol. The van der Waals surface area contributed by atoms with E-state index in [0.29, 0.717) is 11.3 Å². The van der Waals surface area contributed by atoms with Gasteiger partial charge < -0.3 is 10.1 Å². The monoisotopic (exact) mass is 472 g/mol. The van der Waals surface area contributed by atoms with Crippen LogP contribution in [0.4, 0.5) is 5.69 Å². The minimum atomic E-state index is -4.16. The number of anilines is 1. The second kappa shape index (κ2) is 9.52. The molecule has 1 atom stereocenters.